The van der Waals surface area contributed by atoms with Crippen molar-refractivity contribution in [3.05, 3.63) is 59.7 Å². The summed E-state index contributed by atoms with van der Waals surface area (Å²) >= 11 is 0. The zero-order valence-corrected chi connectivity index (χ0v) is 23.8. The van der Waals surface area contributed by atoms with Crippen molar-refractivity contribution in [3.63, 3.8) is 0 Å². The summed E-state index contributed by atoms with van der Waals surface area (Å²) in [7, 11) is 1.57. The molecule has 0 bridgehead atoms. The monoisotopic (exact) mass is 524 g/mol. The van der Waals surface area contributed by atoms with E-state index >= 15 is 0 Å². The lowest BCUT2D eigenvalue weighted by Crippen LogP contribution is -2.14. The van der Waals surface area contributed by atoms with Crippen LogP contribution in [-0.4, -0.2) is 31.4 Å². The first kappa shape index (κ1) is 31.4. The number of allylic oxidation sites excluding steroid dienone is 1. The summed E-state index contributed by atoms with van der Waals surface area (Å²) in [5.74, 6) is 1.25. The van der Waals surface area contributed by atoms with Gasteiger partial charge in [-0.25, -0.2) is 0 Å². The normalized spacial score (nSPS) is 12.1. The first-order valence-corrected chi connectivity index (χ1v) is 14.5. The van der Waals surface area contributed by atoms with Crippen molar-refractivity contribution in [2.24, 2.45) is 5.92 Å². The van der Waals surface area contributed by atoms with Crippen molar-refractivity contribution in [2.75, 3.05) is 20.5 Å². The summed E-state index contributed by atoms with van der Waals surface area (Å²) in [6.45, 7) is 5.23. The Hall–Kier alpha value is -2.79. The maximum atomic E-state index is 13.1. The lowest BCUT2D eigenvalue weighted by atomic mass is 9.95. The molecule has 1 unspecified atom stereocenters. The van der Waals surface area contributed by atoms with Crippen molar-refractivity contribution in [1.82, 2.24) is 0 Å². The zero-order chi connectivity index (χ0) is 27.4. The fourth-order valence-corrected chi connectivity index (χ4v) is 4.54. The molecule has 0 aromatic heterocycles. The first-order chi connectivity index (χ1) is 18.6. The number of aromatic hydroxyl groups is 1. The Kier molecular flexibility index (Phi) is 16.0. The number of carbonyl (C=O) groups is 1. The minimum Gasteiger partial charge on any atom is -0.507 e. The van der Waals surface area contributed by atoms with Crippen LogP contribution in [0.1, 0.15) is 107 Å². The van der Waals surface area contributed by atoms with E-state index in [4.69, 9.17) is 14.2 Å². The molecule has 38 heavy (non-hydrogen) atoms. The first-order valence-electron chi connectivity index (χ1n) is 14.5. The molecular weight excluding hydrogens is 476 g/mol. The molecule has 0 saturated heterocycles. The molecule has 0 spiro atoms. The van der Waals surface area contributed by atoms with Crippen LogP contribution in [0.4, 0.5) is 0 Å². The van der Waals surface area contributed by atoms with Crippen molar-refractivity contribution in [3.8, 4) is 17.2 Å². The molecule has 5 heteroatoms. The standard InChI is InChI=1S/C33H48O5/c1-4-6-8-10-11-13-16-28(15-12-9-7-5-2)25-37-32-18-14-17-30(34)33(32)31(35)24-21-27-19-22-29(23-20-27)38-26-36-3/h14,17-24,28,34H,4-13,15-16,25-26H2,1-3H3/b24-21+. The van der Waals surface area contributed by atoms with Crippen LogP contribution in [0.5, 0.6) is 17.2 Å². The highest BCUT2D eigenvalue weighted by Crippen LogP contribution is 2.30. The van der Waals surface area contributed by atoms with Gasteiger partial charge < -0.3 is 19.3 Å². The van der Waals surface area contributed by atoms with Crippen LogP contribution < -0.4 is 9.47 Å². The molecule has 0 aliphatic rings. The largest absolute Gasteiger partial charge is 0.507 e. The number of hydrogen-bond acceptors (Lipinski definition) is 5. The fraction of sp³-hybridized carbons (Fsp3) is 0.545. The van der Waals surface area contributed by atoms with Gasteiger partial charge in [0.05, 0.1) is 6.61 Å². The number of ketones is 1. The Morgan fingerprint density at radius 3 is 2.13 bits per heavy atom. The van der Waals surface area contributed by atoms with Gasteiger partial charge in [-0.15, -0.1) is 0 Å². The van der Waals surface area contributed by atoms with Gasteiger partial charge in [0.2, 0.25) is 0 Å². The van der Waals surface area contributed by atoms with E-state index in [9.17, 15) is 9.90 Å². The van der Waals surface area contributed by atoms with Crippen LogP contribution in [0.15, 0.2) is 48.5 Å². The Morgan fingerprint density at radius 1 is 0.842 bits per heavy atom. The predicted molar refractivity (Wildman–Crippen MR) is 156 cm³/mol. The minimum absolute atomic E-state index is 0.0594. The quantitative estimate of drug-likeness (QED) is 0.0764. The van der Waals surface area contributed by atoms with E-state index < -0.39 is 0 Å². The SMILES string of the molecule is CCCCCCCCC(CCCCCC)COc1cccc(O)c1C(=O)/C=C/c1ccc(OCOC)cc1. The zero-order valence-electron chi connectivity index (χ0n) is 23.8. The average Bonchev–Trinajstić information content (AvgIpc) is 2.93. The molecule has 5 nitrogen and oxygen atoms in total. The lowest BCUT2D eigenvalue weighted by molar-refractivity contribution is 0.0511. The number of methoxy groups -OCH3 is 1. The van der Waals surface area contributed by atoms with Gasteiger partial charge in [0.25, 0.3) is 0 Å². The number of unbranched alkanes of at least 4 members (excludes halogenated alkanes) is 8. The van der Waals surface area contributed by atoms with E-state index in [2.05, 4.69) is 13.8 Å². The van der Waals surface area contributed by atoms with Gasteiger partial charge in [-0.3, -0.25) is 4.79 Å². The molecule has 1 atom stereocenters. The molecule has 0 aliphatic heterocycles. The van der Waals surface area contributed by atoms with Crippen LogP contribution >= 0.6 is 0 Å². The van der Waals surface area contributed by atoms with Crippen molar-refractivity contribution in [1.29, 1.82) is 0 Å². The number of rotatable bonds is 21. The fourth-order valence-electron chi connectivity index (χ4n) is 4.54. The number of ether oxygens (including phenoxy) is 3. The Labute approximate surface area is 230 Å². The van der Waals surface area contributed by atoms with E-state index in [1.54, 1.807) is 25.3 Å². The highest BCUT2D eigenvalue weighted by Gasteiger charge is 2.17. The van der Waals surface area contributed by atoms with Gasteiger partial charge in [0, 0.05) is 7.11 Å². The molecular formula is C33H48O5. The smallest absolute Gasteiger partial charge is 0.193 e. The van der Waals surface area contributed by atoms with Gasteiger partial charge in [0.1, 0.15) is 22.8 Å². The molecule has 0 amide bonds. The van der Waals surface area contributed by atoms with Crippen LogP contribution in [0.3, 0.4) is 0 Å². The summed E-state index contributed by atoms with van der Waals surface area (Å²) in [4.78, 5) is 13.1. The van der Waals surface area contributed by atoms with E-state index in [0.717, 1.165) is 18.4 Å². The summed E-state index contributed by atoms with van der Waals surface area (Å²) in [5.41, 5.74) is 1.07. The summed E-state index contributed by atoms with van der Waals surface area (Å²) in [6, 6.07) is 12.4. The van der Waals surface area contributed by atoms with Gasteiger partial charge in [-0.05, 0) is 54.7 Å². The maximum Gasteiger partial charge on any atom is 0.193 e. The van der Waals surface area contributed by atoms with Gasteiger partial charge in [0.15, 0.2) is 12.6 Å². The van der Waals surface area contributed by atoms with E-state index in [1.165, 1.54) is 76.4 Å². The topological polar surface area (TPSA) is 65.0 Å². The third-order valence-corrected chi connectivity index (χ3v) is 6.81. The van der Waals surface area contributed by atoms with Gasteiger partial charge >= 0.3 is 0 Å². The van der Waals surface area contributed by atoms with Crippen LogP contribution in [0.2, 0.25) is 0 Å². The van der Waals surface area contributed by atoms with Crippen LogP contribution in [-0.2, 0) is 4.74 Å². The number of phenolic OH excluding ortho intramolecular Hbond substituents is 1. The summed E-state index contributed by atoms with van der Waals surface area (Å²) in [6.07, 6.45) is 18.2. The van der Waals surface area contributed by atoms with E-state index in [0.29, 0.717) is 24.0 Å². The van der Waals surface area contributed by atoms with E-state index in [1.807, 2.05) is 24.3 Å². The summed E-state index contributed by atoms with van der Waals surface area (Å²) < 4.78 is 16.5. The summed E-state index contributed by atoms with van der Waals surface area (Å²) in [5, 5.41) is 10.5. The molecule has 1 N–H and O–H groups in total. The van der Waals surface area contributed by atoms with Crippen LogP contribution in [0.25, 0.3) is 6.08 Å². The average molecular weight is 525 g/mol. The number of phenols is 1. The van der Waals surface area contributed by atoms with Crippen molar-refractivity contribution < 1.29 is 24.1 Å². The van der Waals surface area contributed by atoms with Gasteiger partial charge in [-0.1, -0.05) is 102 Å². The molecule has 0 aliphatic carbocycles. The lowest BCUT2D eigenvalue weighted by Gasteiger charge is -2.19. The number of carbonyl (C=O) groups excluding carboxylic acids is 1. The Morgan fingerprint density at radius 2 is 1.47 bits per heavy atom. The second-order valence-electron chi connectivity index (χ2n) is 10.1. The maximum absolute atomic E-state index is 13.1. The predicted octanol–water partition coefficient (Wildman–Crippen LogP) is 8.99. The van der Waals surface area contributed by atoms with E-state index in [-0.39, 0.29) is 23.9 Å². The van der Waals surface area contributed by atoms with Gasteiger partial charge in [-0.2, -0.15) is 0 Å². The van der Waals surface area contributed by atoms with Crippen molar-refractivity contribution in [2.45, 2.75) is 90.9 Å². The Bertz CT molecular complexity index is 935. The molecule has 2 rings (SSSR count). The van der Waals surface area contributed by atoms with Crippen LogP contribution in [0, 0.1) is 5.92 Å². The highest BCUT2D eigenvalue weighted by atomic mass is 16.7. The molecule has 2 aromatic carbocycles. The second-order valence-corrected chi connectivity index (χ2v) is 10.1. The molecule has 0 fully saturated rings. The third-order valence-electron chi connectivity index (χ3n) is 6.81. The molecule has 0 heterocycles. The number of benzene rings is 2. The molecule has 0 saturated carbocycles. The Balaban J connectivity index is 2.01. The van der Waals surface area contributed by atoms with Crippen molar-refractivity contribution >= 4 is 11.9 Å². The molecule has 0 radical (unpaired) electrons. The molecule has 2 aromatic rings. The highest BCUT2D eigenvalue weighted by molar-refractivity contribution is 6.10. The third kappa shape index (κ3) is 12.2. The minimum atomic E-state index is -0.284. The second kappa shape index (κ2) is 19.3. The molecule has 210 valence electrons. The number of hydrogen-bond donors (Lipinski definition) is 1.